The van der Waals surface area contributed by atoms with E-state index in [-0.39, 0.29) is 18.6 Å². The lowest BCUT2D eigenvalue weighted by atomic mass is 9.98. The molecule has 1 atom stereocenters. The van der Waals surface area contributed by atoms with Gasteiger partial charge in [-0.3, -0.25) is 4.79 Å². The molecule has 0 saturated carbocycles. The predicted octanol–water partition coefficient (Wildman–Crippen LogP) is 4.12. The second kappa shape index (κ2) is 8.85. The molecule has 5 heteroatoms. The van der Waals surface area contributed by atoms with Crippen LogP contribution >= 0.6 is 0 Å². The van der Waals surface area contributed by atoms with E-state index >= 15 is 0 Å². The van der Waals surface area contributed by atoms with Crippen molar-refractivity contribution in [2.75, 3.05) is 13.7 Å². The smallest absolute Gasteiger partial charge is 0.258 e. The first-order valence-electron chi connectivity index (χ1n) is 8.52. The summed E-state index contributed by atoms with van der Waals surface area (Å²) in [6.07, 6.45) is 0. The van der Waals surface area contributed by atoms with Gasteiger partial charge in [-0.25, -0.2) is 4.39 Å². The van der Waals surface area contributed by atoms with Crippen molar-refractivity contribution in [2.45, 2.75) is 6.04 Å². The Morgan fingerprint density at radius 1 is 0.926 bits per heavy atom. The van der Waals surface area contributed by atoms with Crippen molar-refractivity contribution in [3.63, 3.8) is 0 Å². The average Bonchev–Trinajstić information content (AvgIpc) is 2.71. The molecule has 27 heavy (non-hydrogen) atoms. The van der Waals surface area contributed by atoms with Crippen molar-refractivity contribution in [1.82, 2.24) is 5.32 Å². The summed E-state index contributed by atoms with van der Waals surface area (Å²) in [4.78, 5) is 12.4. The van der Waals surface area contributed by atoms with Crippen molar-refractivity contribution < 1.29 is 18.7 Å². The Balaban J connectivity index is 1.73. The van der Waals surface area contributed by atoms with E-state index in [2.05, 4.69) is 5.32 Å². The fourth-order valence-corrected chi connectivity index (χ4v) is 2.71. The van der Waals surface area contributed by atoms with Gasteiger partial charge < -0.3 is 14.8 Å². The number of carbonyl (C=O) groups is 1. The summed E-state index contributed by atoms with van der Waals surface area (Å²) in [7, 11) is 1.61. The van der Waals surface area contributed by atoms with Crippen LogP contribution in [0.2, 0.25) is 0 Å². The summed E-state index contributed by atoms with van der Waals surface area (Å²) in [5.74, 6) is 0.342. The Kier molecular flexibility index (Phi) is 6.05. The first kappa shape index (κ1) is 18.5. The number of hydrogen-bond acceptors (Lipinski definition) is 3. The maximum atomic E-state index is 13.2. The first-order valence-corrected chi connectivity index (χ1v) is 8.52. The van der Waals surface area contributed by atoms with Crippen molar-refractivity contribution >= 4 is 5.91 Å². The van der Waals surface area contributed by atoms with E-state index < -0.39 is 5.82 Å². The maximum absolute atomic E-state index is 13.2. The summed E-state index contributed by atoms with van der Waals surface area (Å²) < 4.78 is 23.8. The van der Waals surface area contributed by atoms with Gasteiger partial charge in [0.1, 0.15) is 17.3 Å². The summed E-state index contributed by atoms with van der Waals surface area (Å²) in [6.45, 7) is -0.205. The topological polar surface area (TPSA) is 47.6 Å². The lowest BCUT2D eigenvalue weighted by molar-refractivity contribution is -0.123. The molecule has 0 aliphatic carbocycles. The van der Waals surface area contributed by atoms with Gasteiger partial charge in [0.25, 0.3) is 5.91 Å². The molecule has 1 unspecified atom stereocenters. The zero-order chi connectivity index (χ0) is 19.1. The highest BCUT2D eigenvalue weighted by Crippen LogP contribution is 2.24. The van der Waals surface area contributed by atoms with Gasteiger partial charge in [0.2, 0.25) is 0 Å². The van der Waals surface area contributed by atoms with Gasteiger partial charge in [-0.2, -0.15) is 0 Å². The van der Waals surface area contributed by atoms with E-state index in [0.717, 1.165) is 16.9 Å². The highest BCUT2D eigenvalue weighted by Gasteiger charge is 2.17. The van der Waals surface area contributed by atoms with E-state index in [4.69, 9.17) is 9.47 Å². The van der Waals surface area contributed by atoms with Gasteiger partial charge in [0, 0.05) is 6.07 Å². The predicted molar refractivity (Wildman–Crippen MR) is 101 cm³/mol. The molecule has 0 aliphatic heterocycles. The van der Waals surface area contributed by atoms with Crippen molar-refractivity contribution in [1.29, 1.82) is 0 Å². The molecule has 0 saturated heterocycles. The number of hydrogen-bond donors (Lipinski definition) is 1. The summed E-state index contributed by atoms with van der Waals surface area (Å²) in [5.41, 5.74) is 1.86. The molecule has 0 fully saturated rings. The number of halogens is 1. The van der Waals surface area contributed by atoms with Crippen molar-refractivity contribution in [2.24, 2.45) is 0 Å². The molecule has 0 aliphatic rings. The Labute approximate surface area is 157 Å². The molecule has 4 nitrogen and oxygen atoms in total. The Morgan fingerprint density at radius 3 is 2.30 bits per heavy atom. The second-order valence-corrected chi connectivity index (χ2v) is 5.93. The number of amides is 1. The maximum Gasteiger partial charge on any atom is 0.258 e. The van der Waals surface area contributed by atoms with Crippen LogP contribution in [0.15, 0.2) is 78.9 Å². The number of benzene rings is 3. The van der Waals surface area contributed by atoms with Gasteiger partial charge in [-0.15, -0.1) is 0 Å². The first-order chi connectivity index (χ1) is 13.2. The SMILES string of the molecule is COc1ccc(C(NC(=O)COc2cccc(F)c2)c2ccccc2)cc1. The summed E-state index contributed by atoms with van der Waals surface area (Å²) in [5, 5.41) is 2.97. The van der Waals surface area contributed by atoms with Crippen LogP contribution in [0, 0.1) is 5.82 Å². The minimum Gasteiger partial charge on any atom is -0.497 e. The Bertz CT molecular complexity index is 882. The zero-order valence-corrected chi connectivity index (χ0v) is 14.9. The molecule has 3 aromatic carbocycles. The quantitative estimate of drug-likeness (QED) is 0.685. The summed E-state index contributed by atoms with van der Waals surface area (Å²) in [6, 6.07) is 22.5. The summed E-state index contributed by atoms with van der Waals surface area (Å²) >= 11 is 0. The molecule has 1 N–H and O–H groups in total. The monoisotopic (exact) mass is 365 g/mol. The fourth-order valence-electron chi connectivity index (χ4n) is 2.71. The van der Waals surface area contributed by atoms with Crippen LogP contribution in [0.5, 0.6) is 11.5 Å². The lowest BCUT2D eigenvalue weighted by Gasteiger charge is -2.20. The molecule has 1 amide bonds. The number of methoxy groups -OCH3 is 1. The molecule has 0 aromatic heterocycles. The van der Waals surface area contributed by atoms with E-state index in [0.29, 0.717) is 5.75 Å². The van der Waals surface area contributed by atoms with Gasteiger partial charge in [0.05, 0.1) is 13.2 Å². The highest BCUT2D eigenvalue weighted by atomic mass is 19.1. The van der Waals surface area contributed by atoms with Crippen LogP contribution in [0.25, 0.3) is 0 Å². The van der Waals surface area contributed by atoms with Crippen molar-refractivity contribution in [3.8, 4) is 11.5 Å². The third kappa shape index (κ3) is 5.07. The Morgan fingerprint density at radius 2 is 1.63 bits per heavy atom. The zero-order valence-electron chi connectivity index (χ0n) is 14.9. The lowest BCUT2D eigenvalue weighted by Crippen LogP contribution is -2.33. The molecule has 0 spiro atoms. The number of nitrogens with one attached hydrogen (secondary N) is 1. The van der Waals surface area contributed by atoms with Gasteiger partial charge >= 0.3 is 0 Å². The molecule has 0 bridgehead atoms. The van der Waals surface area contributed by atoms with Gasteiger partial charge in [0.15, 0.2) is 6.61 Å². The van der Waals surface area contributed by atoms with Gasteiger partial charge in [-0.05, 0) is 35.4 Å². The molecular formula is C22H20FNO3. The fraction of sp³-hybridized carbons (Fsp3) is 0.136. The van der Waals surface area contributed by atoms with Gasteiger partial charge in [-0.1, -0.05) is 48.5 Å². The number of carbonyl (C=O) groups excluding carboxylic acids is 1. The number of ether oxygens (including phenoxy) is 2. The molecule has 0 heterocycles. The molecule has 0 radical (unpaired) electrons. The van der Waals surface area contributed by atoms with E-state index in [1.807, 2.05) is 54.6 Å². The van der Waals surface area contributed by atoms with Crippen LogP contribution in [-0.4, -0.2) is 19.6 Å². The molecule has 3 rings (SSSR count). The normalized spacial score (nSPS) is 11.5. The van der Waals surface area contributed by atoms with E-state index in [1.165, 1.54) is 18.2 Å². The molecule has 3 aromatic rings. The van der Waals surface area contributed by atoms with Crippen LogP contribution in [-0.2, 0) is 4.79 Å². The Hall–Kier alpha value is -3.34. The largest absolute Gasteiger partial charge is 0.497 e. The third-order valence-electron chi connectivity index (χ3n) is 4.05. The third-order valence-corrected chi connectivity index (χ3v) is 4.05. The van der Waals surface area contributed by atoms with Crippen molar-refractivity contribution in [3.05, 3.63) is 95.8 Å². The second-order valence-electron chi connectivity index (χ2n) is 5.93. The van der Waals surface area contributed by atoms with Crippen LogP contribution < -0.4 is 14.8 Å². The average molecular weight is 365 g/mol. The van der Waals surface area contributed by atoms with Crippen LogP contribution in [0.4, 0.5) is 4.39 Å². The van der Waals surface area contributed by atoms with Crippen LogP contribution in [0.3, 0.4) is 0 Å². The molecular weight excluding hydrogens is 345 g/mol. The van der Waals surface area contributed by atoms with E-state index in [9.17, 15) is 9.18 Å². The van der Waals surface area contributed by atoms with E-state index in [1.54, 1.807) is 13.2 Å². The van der Waals surface area contributed by atoms with Crippen LogP contribution in [0.1, 0.15) is 17.2 Å². The minimum atomic E-state index is -0.409. The highest BCUT2D eigenvalue weighted by molar-refractivity contribution is 5.78. The molecule has 138 valence electrons. The number of rotatable bonds is 7. The standard InChI is InChI=1S/C22H20FNO3/c1-26-19-12-10-17(11-13-19)22(16-6-3-2-4-7-16)24-21(25)15-27-20-9-5-8-18(23)14-20/h2-14,22H,15H2,1H3,(H,24,25). The minimum absolute atomic E-state index is 0.205.